The van der Waals surface area contributed by atoms with Crippen LogP contribution < -0.4 is 0 Å². The predicted octanol–water partition coefficient (Wildman–Crippen LogP) is 2.50. The molecule has 1 rings (SSSR count). The molecule has 0 aromatic carbocycles. The molecule has 0 fully saturated rings. The monoisotopic (exact) mass is 161 g/mol. The van der Waals surface area contributed by atoms with Gasteiger partial charge < -0.3 is 5.11 Å². The molecule has 1 N–H and O–H groups in total. The van der Waals surface area contributed by atoms with Crippen LogP contribution in [0.3, 0.4) is 0 Å². The van der Waals surface area contributed by atoms with Crippen LogP contribution in [0.4, 0.5) is 0 Å². The Morgan fingerprint density at radius 3 is 3.09 bits per heavy atom. The van der Waals surface area contributed by atoms with E-state index in [1.807, 2.05) is 0 Å². The lowest BCUT2D eigenvalue weighted by molar-refractivity contribution is 0.0126. The summed E-state index contributed by atoms with van der Waals surface area (Å²) in [6.07, 6.45) is -3.71. The summed E-state index contributed by atoms with van der Waals surface area (Å²) in [5, 5.41) is 9.92. The van der Waals surface area contributed by atoms with Gasteiger partial charge in [0, 0.05) is 9.60 Å². The molecule has 11 heavy (non-hydrogen) atoms. The van der Waals surface area contributed by atoms with Gasteiger partial charge in [-0.25, -0.2) is 0 Å². The highest BCUT2D eigenvalue weighted by atomic mass is 16.3. The number of allylic oxidation sites excluding steroid dienone is 2. The van der Waals surface area contributed by atoms with E-state index in [4.69, 9.17) is 9.60 Å². The summed E-state index contributed by atoms with van der Waals surface area (Å²) >= 11 is 0. The van der Waals surface area contributed by atoms with E-state index < -0.39 is 36.7 Å². The van der Waals surface area contributed by atoms with Crippen LogP contribution >= 0.6 is 0 Å². The molecular weight excluding hydrogens is 136 g/mol. The standard InChI is InChI=1S/C10H18O/c1-8-4-6-9(7-5-8)10(2,3)11/h4,9,11H,5-7H2,1-3H3/i1D3,5D2,6D2. The second kappa shape index (κ2) is 2.98. The maximum atomic E-state index is 9.92. The molecule has 64 valence electrons. The average molecular weight is 161 g/mol. The number of aliphatic hydroxyl groups is 1. The zero-order valence-corrected chi connectivity index (χ0v) is 6.81. The van der Waals surface area contributed by atoms with Crippen LogP contribution in [0.15, 0.2) is 11.6 Å². The zero-order valence-electron chi connectivity index (χ0n) is 13.8. The Morgan fingerprint density at radius 1 is 1.82 bits per heavy atom. The van der Waals surface area contributed by atoms with Crippen LogP contribution in [-0.2, 0) is 0 Å². The summed E-state index contributed by atoms with van der Waals surface area (Å²) in [7, 11) is 0. The predicted molar refractivity (Wildman–Crippen MR) is 47.4 cm³/mol. The first kappa shape index (κ1) is 3.21. The van der Waals surface area contributed by atoms with E-state index in [1.54, 1.807) is 0 Å². The van der Waals surface area contributed by atoms with Gasteiger partial charge in [-0.2, -0.15) is 0 Å². The summed E-state index contributed by atoms with van der Waals surface area (Å²) in [5.41, 5.74) is -1.94. The molecule has 0 amide bonds. The molecule has 0 saturated heterocycles. The molecule has 0 heterocycles. The lowest BCUT2D eigenvalue weighted by Gasteiger charge is -2.31. The topological polar surface area (TPSA) is 20.2 Å². The van der Waals surface area contributed by atoms with Gasteiger partial charge in [0.1, 0.15) is 0 Å². The summed E-state index contributed by atoms with van der Waals surface area (Å²) in [4.78, 5) is 0. The Kier molecular flexibility index (Phi) is 0.870. The second-order valence-corrected chi connectivity index (χ2v) is 3.31. The minimum atomic E-state index is -2.67. The zero-order chi connectivity index (χ0) is 14.6. The number of hydrogen-bond donors (Lipinski definition) is 1. The lowest BCUT2D eigenvalue weighted by atomic mass is 9.80. The first-order valence-electron chi connectivity index (χ1n) is 7.14. The van der Waals surface area contributed by atoms with Crippen LogP contribution in [0.1, 0.15) is 49.5 Å². The van der Waals surface area contributed by atoms with Crippen molar-refractivity contribution in [2.75, 3.05) is 0 Å². The Hall–Kier alpha value is -0.300. The van der Waals surface area contributed by atoms with Crippen molar-refractivity contribution in [1.82, 2.24) is 0 Å². The third-order valence-electron chi connectivity index (χ3n) is 1.78. The van der Waals surface area contributed by atoms with Crippen molar-refractivity contribution in [3.8, 4) is 0 Å². The average Bonchev–Trinajstić information content (AvgIpc) is 2.05. The van der Waals surface area contributed by atoms with Crippen molar-refractivity contribution >= 4 is 0 Å². The fourth-order valence-electron chi connectivity index (χ4n) is 0.960. The maximum absolute atomic E-state index is 9.92. The molecule has 0 bridgehead atoms. The third-order valence-corrected chi connectivity index (χ3v) is 1.78. The molecule has 0 radical (unpaired) electrons. The van der Waals surface area contributed by atoms with Crippen molar-refractivity contribution in [1.29, 1.82) is 0 Å². The molecule has 1 heteroatoms. The van der Waals surface area contributed by atoms with E-state index in [9.17, 15) is 5.11 Å². The third kappa shape index (κ3) is 2.33. The Balaban J connectivity index is 3.32. The van der Waals surface area contributed by atoms with Crippen molar-refractivity contribution in [3.63, 3.8) is 0 Å². The van der Waals surface area contributed by atoms with Gasteiger partial charge >= 0.3 is 0 Å². The van der Waals surface area contributed by atoms with E-state index in [1.165, 1.54) is 13.8 Å². The SMILES string of the molecule is [2H]C([2H])([2H])C1=CC([2H])([2H])C(C(C)(C)O)CC1([2H])[2H]. The van der Waals surface area contributed by atoms with E-state index in [0.717, 1.165) is 6.08 Å². The summed E-state index contributed by atoms with van der Waals surface area (Å²) in [6, 6.07) is 0. The van der Waals surface area contributed by atoms with Gasteiger partial charge in [0.25, 0.3) is 0 Å². The quantitative estimate of drug-likeness (QED) is 0.586. The molecule has 1 atom stereocenters. The van der Waals surface area contributed by atoms with Gasteiger partial charge in [-0.05, 0) is 45.8 Å². The van der Waals surface area contributed by atoms with Gasteiger partial charge in [0.15, 0.2) is 0 Å². The molecule has 1 aliphatic rings. The van der Waals surface area contributed by atoms with E-state index in [2.05, 4.69) is 0 Å². The van der Waals surface area contributed by atoms with Crippen LogP contribution in [0, 0.1) is 5.92 Å². The normalized spacial score (nSPS) is 46.3. The van der Waals surface area contributed by atoms with Gasteiger partial charge in [0.05, 0.1) is 5.60 Å². The van der Waals surface area contributed by atoms with Crippen LogP contribution in [0.5, 0.6) is 0 Å². The Labute approximate surface area is 79.0 Å². The van der Waals surface area contributed by atoms with Crippen LogP contribution in [-0.4, -0.2) is 10.7 Å². The molecule has 1 aliphatic carbocycles. The van der Waals surface area contributed by atoms with Gasteiger partial charge in [-0.15, -0.1) is 0 Å². The van der Waals surface area contributed by atoms with Crippen LogP contribution in [0.2, 0.25) is 0 Å². The minimum Gasteiger partial charge on any atom is -0.390 e. The van der Waals surface area contributed by atoms with Crippen molar-refractivity contribution < 1.29 is 14.7 Å². The minimum absolute atomic E-state index is 0.353. The van der Waals surface area contributed by atoms with Gasteiger partial charge in [-0.1, -0.05) is 11.6 Å². The fourth-order valence-corrected chi connectivity index (χ4v) is 0.960. The van der Waals surface area contributed by atoms with Gasteiger partial charge in [0.2, 0.25) is 0 Å². The molecule has 0 spiro atoms. The van der Waals surface area contributed by atoms with E-state index >= 15 is 0 Å². The molecule has 0 saturated carbocycles. The highest BCUT2D eigenvalue weighted by molar-refractivity contribution is 5.04. The molecule has 1 nitrogen and oxygen atoms in total. The number of rotatable bonds is 1. The second-order valence-electron chi connectivity index (χ2n) is 3.31. The van der Waals surface area contributed by atoms with Crippen molar-refractivity contribution in [2.45, 2.75) is 45.5 Å². The highest BCUT2D eigenvalue weighted by Gasteiger charge is 2.27. The molecule has 0 aromatic rings. The molecule has 0 aliphatic heterocycles. The van der Waals surface area contributed by atoms with Crippen molar-refractivity contribution in [2.24, 2.45) is 5.92 Å². The summed E-state index contributed by atoms with van der Waals surface area (Å²) in [5.74, 6) is -0.994. The molecule has 0 aromatic heterocycles. The smallest absolute Gasteiger partial charge is 0.0622 e. The first-order valence-corrected chi connectivity index (χ1v) is 3.64. The Morgan fingerprint density at radius 2 is 2.55 bits per heavy atom. The van der Waals surface area contributed by atoms with E-state index in [0.29, 0.717) is 0 Å². The summed E-state index contributed by atoms with van der Waals surface area (Å²) < 4.78 is 53.1. The van der Waals surface area contributed by atoms with Crippen molar-refractivity contribution in [3.05, 3.63) is 11.6 Å². The fraction of sp³-hybridized carbons (Fsp3) is 0.800. The number of hydrogen-bond acceptors (Lipinski definition) is 1. The Bertz CT molecular complexity index is 361. The molecular formula is C10H18O. The van der Waals surface area contributed by atoms with Gasteiger partial charge in [-0.3, -0.25) is 0 Å². The molecule has 1 unspecified atom stereocenters. The highest BCUT2D eigenvalue weighted by Crippen LogP contribution is 2.31. The van der Waals surface area contributed by atoms with E-state index in [-0.39, 0.29) is 6.42 Å². The van der Waals surface area contributed by atoms with Crippen LogP contribution in [0.25, 0.3) is 0 Å². The largest absolute Gasteiger partial charge is 0.390 e. The first-order chi connectivity index (χ1) is 7.68. The summed E-state index contributed by atoms with van der Waals surface area (Å²) in [6.45, 7) is 0.140. The maximum Gasteiger partial charge on any atom is 0.0622 e. The lowest BCUT2D eigenvalue weighted by Crippen LogP contribution is -2.31.